The minimum atomic E-state index is -0.764. The summed E-state index contributed by atoms with van der Waals surface area (Å²) in [5.74, 6) is -0.976. The fourth-order valence-corrected chi connectivity index (χ4v) is 2.54. The second-order valence-electron chi connectivity index (χ2n) is 6.57. The summed E-state index contributed by atoms with van der Waals surface area (Å²) in [4.78, 5) is 12.7. The summed E-state index contributed by atoms with van der Waals surface area (Å²) in [5, 5.41) is 6.79. The predicted molar refractivity (Wildman–Crippen MR) is 104 cm³/mol. The first-order chi connectivity index (χ1) is 13.8. The number of anilines is 1. The van der Waals surface area contributed by atoms with Gasteiger partial charge in [0.15, 0.2) is 5.82 Å². The van der Waals surface area contributed by atoms with E-state index in [0.29, 0.717) is 11.6 Å². The quantitative estimate of drug-likeness (QED) is 0.610. The smallest absolute Gasteiger partial charge is 0.257 e. The Bertz CT molecular complexity index is 1000. The van der Waals surface area contributed by atoms with Crippen molar-refractivity contribution in [3.05, 3.63) is 65.9 Å². The molecule has 0 radical (unpaired) electrons. The molecule has 0 saturated heterocycles. The number of nitrogens with one attached hydrogen (secondary N) is 1. The Balaban J connectivity index is 1.90. The molecule has 1 amide bonds. The summed E-state index contributed by atoms with van der Waals surface area (Å²) in [6, 6.07) is 9.11. The molecule has 0 saturated carbocycles. The van der Waals surface area contributed by atoms with Crippen molar-refractivity contribution in [1.82, 2.24) is 9.78 Å². The van der Waals surface area contributed by atoms with E-state index >= 15 is 0 Å². The van der Waals surface area contributed by atoms with Gasteiger partial charge in [0, 0.05) is 49.1 Å². The minimum Gasteiger partial charge on any atom is -0.491 e. The third-order valence-corrected chi connectivity index (χ3v) is 4.08. The number of aryl methyl sites for hydroxylation is 1. The van der Waals surface area contributed by atoms with Gasteiger partial charge in [-0.1, -0.05) is 6.92 Å². The molecule has 1 heterocycles. The molecule has 29 heavy (non-hydrogen) atoms. The Morgan fingerprint density at radius 3 is 2.38 bits per heavy atom. The van der Waals surface area contributed by atoms with Crippen LogP contribution in [-0.4, -0.2) is 21.8 Å². The molecule has 0 spiro atoms. The molecule has 0 aliphatic rings. The summed E-state index contributed by atoms with van der Waals surface area (Å²) < 4.78 is 39.9. The molecule has 1 N–H and O–H groups in total. The van der Waals surface area contributed by atoms with E-state index in [1.54, 1.807) is 36.1 Å². The van der Waals surface area contributed by atoms with E-state index in [9.17, 15) is 13.6 Å². The summed E-state index contributed by atoms with van der Waals surface area (Å²) >= 11 is 0. The zero-order valence-corrected chi connectivity index (χ0v) is 16.3. The maximum absolute atomic E-state index is 13.5. The van der Waals surface area contributed by atoms with Crippen molar-refractivity contribution in [2.24, 2.45) is 7.05 Å². The van der Waals surface area contributed by atoms with Crippen LogP contribution in [0, 0.1) is 11.6 Å². The molecule has 0 aliphatic heterocycles. The summed E-state index contributed by atoms with van der Waals surface area (Å²) in [7, 11) is 1.74. The molecule has 0 aliphatic carbocycles. The molecule has 0 bridgehead atoms. The number of halogens is 2. The maximum Gasteiger partial charge on any atom is 0.257 e. The Morgan fingerprint density at radius 1 is 1.10 bits per heavy atom. The highest BCUT2D eigenvalue weighted by molar-refractivity contribution is 6.04. The van der Waals surface area contributed by atoms with E-state index in [1.165, 1.54) is 6.07 Å². The van der Waals surface area contributed by atoms with Crippen LogP contribution in [0.15, 0.2) is 48.7 Å². The molecule has 0 fully saturated rings. The second kappa shape index (κ2) is 8.72. The highest BCUT2D eigenvalue weighted by atomic mass is 19.1. The van der Waals surface area contributed by atoms with Crippen molar-refractivity contribution in [3.63, 3.8) is 0 Å². The molecule has 6 nitrogen and oxygen atoms in total. The summed E-state index contributed by atoms with van der Waals surface area (Å²) in [6.07, 6.45) is 2.37. The third-order valence-electron chi connectivity index (χ3n) is 4.08. The van der Waals surface area contributed by atoms with E-state index in [2.05, 4.69) is 10.4 Å². The number of aromatic nitrogens is 2. The standard InChI is InChI=1S/C21H21F2N3O3/c1-4-13(2)28-17-7-14(21(27)24-20-5-6-26(3)25-20)8-18(12-17)29-19-10-15(22)9-16(23)11-19/h5-13H,4H2,1-3H3,(H,24,25,27)/t13-/m0/s1. The molecular weight excluding hydrogens is 380 g/mol. The molecule has 0 unspecified atom stereocenters. The first kappa shape index (κ1) is 20.3. The third kappa shape index (κ3) is 5.54. The number of hydrogen-bond donors (Lipinski definition) is 1. The van der Waals surface area contributed by atoms with Crippen LogP contribution in [0.1, 0.15) is 30.6 Å². The van der Waals surface area contributed by atoms with Gasteiger partial charge in [-0.15, -0.1) is 0 Å². The van der Waals surface area contributed by atoms with E-state index in [-0.39, 0.29) is 23.2 Å². The van der Waals surface area contributed by atoms with Crippen molar-refractivity contribution >= 4 is 11.7 Å². The van der Waals surface area contributed by atoms with E-state index in [0.717, 1.165) is 24.6 Å². The van der Waals surface area contributed by atoms with Crippen LogP contribution in [0.2, 0.25) is 0 Å². The predicted octanol–water partition coefficient (Wildman–Crippen LogP) is 4.92. The van der Waals surface area contributed by atoms with E-state index in [1.807, 2.05) is 13.8 Å². The normalized spacial score (nSPS) is 11.8. The molecule has 1 aromatic heterocycles. The lowest BCUT2D eigenvalue weighted by molar-refractivity contribution is 0.102. The second-order valence-corrected chi connectivity index (χ2v) is 6.57. The van der Waals surface area contributed by atoms with Crippen LogP contribution in [-0.2, 0) is 7.05 Å². The lowest BCUT2D eigenvalue weighted by Gasteiger charge is -2.15. The number of amides is 1. The molecular formula is C21H21F2N3O3. The number of carbonyl (C=O) groups excluding carboxylic acids is 1. The molecule has 2 aromatic carbocycles. The van der Waals surface area contributed by atoms with Gasteiger partial charge in [-0.2, -0.15) is 5.10 Å². The minimum absolute atomic E-state index is 0.0284. The number of benzene rings is 2. The van der Waals surface area contributed by atoms with Crippen LogP contribution in [0.4, 0.5) is 14.6 Å². The zero-order valence-electron chi connectivity index (χ0n) is 16.3. The average molecular weight is 401 g/mol. The molecule has 1 atom stereocenters. The number of ether oxygens (including phenoxy) is 2. The Kier molecular flexibility index (Phi) is 6.11. The maximum atomic E-state index is 13.5. The van der Waals surface area contributed by atoms with Crippen LogP contribution in [0.25, 0.3) is 0 Å². The van der Waals surface area contributed by atoms with Gasteiger partial charge in [0.05, 0.1) is 6.10 Å². The number of nitrogens with zero attached hydrogens (tertiary/aromatic N) is 2. The van der Waals surface area contributed by atoms with Gasteiger partial charge < -0.3 is 14.8 Å². The Labute approximate surface area is 167 Å². The number of carbonyl (C=O) groups is 1. The van der Waals surface area contributed by atoms with Crippen LogP contribution in [0.5, 0.6) is 17.2 Å². The van der Waals surface area contributed by atoms with Gasteiger partial charge in [-0.05, 0) is 25.5 Å². The van der Waals surface area contributed by atoms with E-state index < -0.39 is 17.5 Å². The van der Waals surface area contributed by atoms with Crippen molar-refractivity contribution < 1.29 is 23.0 Å². The van der Waals surface area contributed by atoms with Gasteiger partial charge in [0.2, 0.25) is 0 Å². The number of hydrogen-bond acceptors (Lipinski definition) is 4. The lowest BCUT2D eigenvalue weighted by atomic mass is 10.1. The molecule has 8 heteroatoms. The monoisotopic (exact) mass is 401 g/mol. The Hall–Kier alpha value is -3.42. The number of rotatable bonds is 7. The van der Waals surface area contributed by atoms with Crippen molar-refractivity contribution in [2.75, 3.05) is 5.32 Å². The largest absolute Gasteiger partial charge is 0.491 e. The van der Waals surface area contributed by atoms with Crippen molar-refractivity contribution in [3.8, 4) is 17.2 Å². The van der Waals surface area contributed by atoms with Crippen molar-refractivity contribution in [2.45, 2.75) is 26.4 Å². The first-order valence-corrected chi connectivity index (χ1v) is 9.09. The summed E-state index contributed by atoms with van der Waals surface area (Å²) in [5.41, 5.74) is 0.253. The lowest BCUT2D eigenvalue weighted by Crippen LogP contribution is -2.14. The van der Waals surface area contributed by atoms with Crippen LogP contribution >= 0.6 is 0 Å². The van der Waals surface area contributed by atoms with Gasteiger partial charge in [0.25, 0.3) is 5.91 Å². The zero-order chi connectivity index (χ0) is 21.0. The molecule has 3 aromatic rings. The van der Waals surface area contributed by atoms with Gasteiger partial charge >= 0.3 is 0 Å². The van der Waals surface area contributed by atoms with Crippen molar-refractivity contribution in [1.29, 1.82) is 0 Å². The van der Waals surface area contributed by atoms with Crippen LogP contribution < -0.4 is 14.8 Å². The summed E-state index contributed by atoms with van der Waals surface area (Å²) in [6.45, 7) is 3.86. The van der Waals surface area contributed by atoms with Gasteiger partial charge in [-0.3, -0.25) is 9.48 Å². The highest BCUT2D eigenvalue weighted by Gasteiger charge is 2.14. The fraction of sp³-hybridized carbons (Fsp3) is 0.238. The topological polar surface area (TPSA) is 65.4 Å². The average Bonchev–Trinajstić information content (AvgIpc) is 3.05. The van der Waals surface area contributed by atoms with Crippen LogP contribution in [0.3, 0.4) is 0 Å². The molecule has 3 rings (SSSR count). The SMILES string of the molecule is CC[C@H](C)Oc1cc(Oc2cc(F)cc(F)c2)cc(C(=O)Nc2ccn(C)n2)c1. The Morgan fingerprint density at radius 2 is 1.76 bits per heavy atom. The highest BCUT2D eigenvalue weighted by Crippen LogP contribution is 2.29. The van der Waals surface area contributed by atoms with E-state index in [4.69, 9.17) is 9.47 Å². The molecule has 152 valence electrons. The first-order valence-electron chi connectivity index (χ1n) is 9.09. The fourth-order valence-electron chi connectivity index (χ4n) is 2.54. The van der Waals surface area contributed by atoms with Gasteiger partial charge in [0.1, 0.15) is 28.9 Å². The van der Waals surface area contributed by atoms with Gasteiger partial charge in [-0.25, -0.2) is 8.78 Å².